The second-order valence-electron chi connectivity index (χ2n) is 5.90. The Balaban J connectivity index is 1.87. The molecular formula is C14H30N2O3S. The Hall–Kier alpha value is -0.170. The summed E-state index contributed by atoms with van der Waals surface area (Å²) < 4.78 is 30.1. The van der Waals surface area contributed by atoms with Gasteiger partial charge in [0, 0.05) is 6.04 Å². The molecule has 1 unspecified atom stereocenters. The molecule has 1 atom stereocenters. The lowest BCUT2D eigenvalue weighted by Crippen LogP contribution is -2.31. The maximum absolute atomic E-state index is 10.7. The molecule has 1 fully saturated rings. The van der Waals surface area contributed by atoms with Crippen molar-refractivity contribution < 1.29 is 13.0 Å². The highest BCUT2D eigenvalue weighted by Gasteiger charge is 2.16. The van der Waals surface area contributed by atoms with Crippen LogP contribution in [0.2, 0.25) is 0 Å². The SMILES string of the molecule is NC(CCCCCCCNC1CCCCC1)S(=O)(=O)O. The molecule has 0 aliphatic heterocycles. The van der Waals surface area contributed by atoms with Gasteiger partial charge in [-0.15, -0.1) is 0 Å². The van der Waals surface area contributed by atoms with Crippen LogP contribution in [0.4, 0.5) is 0 Å². The van der Waals surface area contributed by atoms with Crippen molar-refractivity contribution in [3.05, 3.63) is 0 Å². The summed E-state index contributed by atoms with van der Waals surface area (Å²) in [6, 6.07) is 0.733. The van der Waals surface area contributed by atoms with Crippen LogP contribution < -0.4 is 11.1 Å². The third-order valence-electron chi connectivity index (χ3n) is 4.09. The van der Waals surface area contributed by atoms with E-state index in [-0.39, 0.29) is 0 Å². The molecule has 0 saturated heterocycles. The Kier molecular flexibility index (Phi) is 8.68. The van der Waals surface area contributed by atoms with Crippen molar-refractivity contribution in [1.29, 1.82) is 0 Å². The van der Waals surface area contributed by atoms with Crippen LogP contribution in [0.3, 0.4) is 0 Å². The zero-order chi connectivity index (χ0) is 14.8. The fourth-order valence-corrected chi connectivity index (χ4v) is 3.23. The van der Waals surface area contributed by atoms with E-state index in [9.17, 15) is 8.42 Å². The highest BCUT2D eigenvalue weighted by molar-refractivity contribution is 7.86. The van der Waals surface area contributed by atoms with Crippen LogP contribution in [0.1, 0.15) is 70.6 Å². The van der Waals surface area contributed by atoms with Gasteiger partial charge in [0.1, 0.15) is 5.37 Å². The van der Waals surface area contributed by atoms with E-state index in [1.54, 1.807) is 0 Å². The van der Waals surface area contributed by atoms with Crippen LogP contribution in [0.5, 0.6) is 0 Å². The van der Waals surface area contributed by atoms with Crippen LogP contribution in [0.25, 0.3) is 0 Å². The molecular weight excluding hydrogens is 276 g/mol. The molecule has 0 aromatic heterocycles. The minimum Gasteiger partial charge on any atom is -0.314 e. The highest BCUT2D eigenvalue weighted by atomic mass is 32.2. The Labute approximate surface area is 123 Å². The van der Waals surface area contributed by atoms with Gasteiger partial charge in [-0.25, -0.2) is 0 Å². The van der Waals surface area contributed by atoms with Crippen molar-refractivity contribution >= 4 is 10.1 Å². The summed E-state index contributed by atoms with van der Waals surface area (Å²) in [5, 5.41) is 2.50. The Bertz CT molecular complexity index is 340. The third-order valence-corrected chi connectivity index (χ3v) is 5.09. The average Bonchev–Trinajstić information content (AvgIpc) is 2.41. The summed E-state index contributed by atoms with van der Waals surface area (Å²) in [7, 11) is -4.05. The summed E-state index contributed by atoms with van der Waals surface area (Å²) in [4.78, 5) is 0. The number of nitrogens with one attached hydrogen (secondary N) is 1. The topological polar surface area (TPSA) is 92.4 Å². The van der Waals surface area contributed by atoms with E-state index in [1.165, 1.54) is 44.9 Å². The van der Waals surface area contributed by atoms with Crippen LogP contribution in [-0.4, -0.2) is 30.9 Å². The Morgan fingerprint density at radius 2 is 1.65 bits per heavy atom. The number of hydrogen-bond acceptors (Lipinski definition) is 4. The fraction of sp³-hybridized carbons (Fsp3) is 1.00. The molecule has 1 aliphatic carbocycles. The van der Waals surface area contributed by atoms with Gasteiger partial charge in [0.05, 0.1) is 0 Å². The molecule has 1 aliphatic rings. The standard InChI is InChI=1S/C14H30N2O3S/c15-14(20(17,18)19)11-7-2-1-3-8-12-16-13-9-5-4-6-10-13/h13-14,16H,1-12,15H2,(H,17,18,19). The van der Waals surface area contributed by atoms with Crippen molar-refractivity contribution in [2.45, 2.75) is 82.0 Å². The molecule has 5 nitrogen and oxygen atoms in total. The van der Waals surface area contributed by atoms with Gasteiger partial charge in [-0.2, -0.15) is 8.42 Å². The lowest BCUT2D eigenvalue weighted by atomic mass is 9.95. The molecule has 1 rings (SSSR count). The first kappa shape index (κ1) is 17.9. The van der Waals surface area contributed by atoms with E-state index in [1.807, 2.05) is 0 Å². The van der Waals surface area contributed by atoms with E-state index in [0.29, 0.717) is 6.42 Å². The average molecular weight is 306 g/mol. The molecule has 0 bridgehead atoms. The van der Waals surface area contributed by atoms with E-state index < -0.39 is 15.5 Å². The molecule has 6 heteroatoms. The van der Waals surface area contributed by atoms with Gasteiger partial charge < -0.3 is 11.1 Å². The van der Waals surface area contributed by atoms with Crippen molar-refractivity contribution in [2.75, 3.05) is 6.54 Å². The first-order valence-electron chi connectivity index (χ1n) is 7.95. The molecule has 0 amide bonds. The van der Waals surface area contributed by atoms with Crippen molar-refractivity contribution in [2.24, 2.45) is 5.73 Å². The normalized spacial score (nSPS) is 19.1. The summed E-state index contributed by atoms with van der Waals surface area (Å²) in [5.41, 5.74) is 5.35. The van der Waals surface area contributed by atoms with Crippen LogP contribution in [0, 0.1) is 0 Å². The molecule has 0 radical (unpaired) electrons. The summed E-state index contributed by atoms with van der Waals surface area (Å²) in [6.45, 7) is 1.09. The van der Waals surface area contributed by atoms with Crippen molar-refractivity contribution in [1.82, 2.24) is 5.32 Å². The van der Waals surface area contributed by atoms with Gasteiger partial charge in [-0.1, -0.05) is 44.9 Å². The molecule has 20 heavy (non-hydrogen) atoms. The predicted octanol–water partition coefficient (Wildman–Crippen LogP) is 2.42. The van der Waals surface area contributed by atoms with Gasteiger partial charge in [0.15, 0.2) is 0 Å². The highest BCUT2D eigenvalue weighted by Crippen LogP contribution is 2.17. The monoisotopic (exact) mass is 306 g/mol. The zero-order valence-electron chi connectivity index (χ0n) is 12.4. The molecule has 0 heterocycles. The fourth-order valence-electron chi connectivity index (χ4n) is 2.76. The lowest BCUT2D eigenvalue weighted by molar-refractivity contribution is 0.369. The first-order valence-corrected chi connectivity index (χ1v) is 9.46. The second-order valence-corrected chi connectivity index (χ2v) is 7.53. The van der Waals surface area contributed by atoms with E-state index in [2.05, 4.69) is 5.32 Å². The molecule has 0 spiro atoms. The van der Waals surface area contributed by atoms with Crippen LogP contribution in [-0.2, 0) is 10.1 Å². The molecule has 1 saturated carbocycles. The molecule has 120 valence electrons. The summed E-state index contributed by atoms with van der Waals surface area (Å²) in [6.07, 6.45) is 12.3. The van der Waals surface area contributed by atoms with Gasteiger partial charge in [0.2, 0.25) is 0 Å². The Morgan fingerprint density at radius 1 is 1.05 bits per heavy atom. The van der Waals surface area contributed by atoms with E-state index in [0.717, 1.165) is 31.8 Å². The second kappa shape index (κ2) is 9.71. The minimum atomic E-state index is -4.05. The maximum atomic E-state index is 10.7. The van der Waals surface area contributed by atoms with Crippen molar-refractivity contribution in [3.8, 4) is 0 Å². The maximum Gasteiger partial charge on any atom is 0.280 e. The number of hydrogen-bond donors (Lipinski definition) is 3. The first-order chi connectivity index (χ1) is 9.50. The lowest BCUT2D eigenvalue weighted by Gasteiger charge is -2.22. The quantitative estimate of drug-likeness (QED) is 0.426. The van der Waals surface area contributed by atoms with Gasteiger partial charge in [-0.05, 0) is 32.2 Å². The summed E-state index contributed by atoms with van der Waals surface area (Å²) >= 11 is 0. The predicted molar refractivity (Wildman–Crippen MR) is 82.1 cm³/mol. The molecule has 0 aromatic carbocycles. The van der Waals surface area contributed by atoms with Crippen LogP contribution >= 0.6 is 0 Å². The van der Waals surface area contributed by atoms with Crippen molar-refractivity contribution in [3.63, 3.8) is 0 Å². The van der Waals surface area contributed by atoms with Gasteiger partial charge in [0.25, 0.3) is 10.1 Å². The molecule has 0 aromatic rings. The van der Waals surface area contributed by atoms with Crippen LogP contribution in [0.15, 0.2) is 0 Å². The van der Waals surface area contributed by atoms with Gasteiger partial charge >= 0.3 is 0 Å². The Morgan fingerprint density at radius 3 is 2.30 bits per heavy atom. The number of unbranched alkanes of at least 4 members (excludes halogenated alkanes) is 4. The third kappa shape index (κ3) is 8.19. The summed E-state index contributed by atoms with van der Waals surface area (Å²) in [5.74, 6) is 0. The van der Waals surface area contributed by atoms with E-state index >= 15 is 0 Å². The largest absolute Gasteiger partial charge is 0.314 e. The minimum absolute atomic E-state index is 0.346. The van der Waals surface area contributed by atoms with E-state index in [4.69, 9.17) is 10.3 Å². The smallest absolute Gasteiger partial charge is 0.280 e. The zero-order valence-corrected chi connectivity index (χ0v) is 13.2. The molecule has 4 N–H and O–H groups in total. The van der Waals surface area contributed by atoms with Gasteiger partial charge in [-0.3, -0.25) is 4.55 Å². The number of nitrogens with two attached hydrogens (primary N) is 1. The number of rotatable bonds is 10.